The molecule has 0 bridgehead atoms. The zero-order valence-corrected chi connectivity index (χ0v) is 22.1. The third-order valence-corrected chi connectivity index (χ3v) is 7.25. The van der Waals surface area contributed by atoms with Crippen LogP contribution < -0.4 is 10.4 Å². The maximum absolute atomic E-state index is 13.8. The van der Waals surface area contributed by atoms with Crippen LogP contribution in [0.3, 0.4) is 0 Å². The number of ether oxygens (including phenoxy) is 2. The van der Waals surface area contributed by atoms with E-state index in [1.165, 1.54) is 18.1 Å². The van der Waals surface area contributed by atoms with Gasteiger partial charge < -0.3 is 23.8 Å². The number of aromatic nitrogens is 1. The minimum atomic E-state index is -0.899. The quantitative estimate of drug-likeness (QED) is 0.279. The molecule has 4 aromatic rings. The van der Waals surface area contributed by atoms with Gasteiger partial charge in [-0.25, -0.2) is 9.59 Å². The summed E-state index contributed by atoms with van der Waals surface area (Å²) in [4.78, 5) is 43.8. The summed E-state index contributed by atoms with van der Waals surface area (Å²) < 4.78 is 16.9. The topological polar surface area (TPSA) is 102 Å². The van der Waals surface area contributed by atoms with Crippen molar-refractivity contribution in [3.63, 3.8) is 0 Å². The number of amides is 1. The molecule has 3 heterocycles. The normalized spacial score (nSPS) is 15.9. The minimum Gasteiger partial charge on any atom is -0.480 e. The van der Waals surface area contributed by atoms with Crippen molar-refractivity contribution in [1.29, 1.82) is 0 Å². The lowest BCUT2D eigenvalue weighted by Crippen LogP contribution is -2.52. The molecule has 0 aliphatic carbocycles. The van der Waals surface area contributed by atoms with E-state index in [0.717, 1.165) is 46.1 Å². The number of nitrogens with zero attached hydrogens (tertiary/aromatic N) is 1. The van der Waals surface area contributed by atoms with Gasteiger partial charge in [0.15, 0.2) is 6.10 Å². The third kappa shape index (κ3) is 4.66. The molecule has 1 amide bonds. The Morgan fingerprint density at radius 1 is 1.21 bits per heavy atom. The molecule has 0 radical (unpaired) electrons. The molecule has 1 aliphatic rings. The summed E-state index contributed by atoms with van der Waals surface area (Å²) in [5.74, 6) is -0.313. The molecule has 0 fully saturated rings. The third-order valence-electron chi connectivity index (χ3n) is 7.25. The second kappa shape index (κ2) is 10.4. The molecular formula is C30H32N2O6. The number of benzene rings is 2. The van der Waals surface area contributed by atoms with Crippen LogP contribution in [0.4, 0.5) is 0 Å². The summed E-state index contributed by atoms with van der Waals surface area (Å²) in [6.07, 6.45) is 2.02. The largest absolute Gasteiger partial charge is 0.480 e. The SMILES string of the molecule is CCCCc1cc(=O)oc2cc(C)cc(OC(C)C(=O)N3Cc4[nH]c5ccccc5c4C[C@H]3C(=O)OC)c12. The Morgan fingerprint density at radius 2 is 2.00 bits per heavy atom. The van der Waals surface area contributed by atoms with Crippen molar-refractivity contribution in [3.05, 3.63) is 75.3 Å². The zero-order valence-electron chi connectivity index (χ0n) is 22.1. The van der Waals surface area contributed by atoms with E-state index >= 15 is 0 Å². The van der Waals surface area contributed by atoms with Crippen LogP contribution in [0.5, 0.6) is 5.75 Å². The summed E-state index contributed by atoms with van der Waals surface area (Å²) in [5.41, 5.74) is 4.59. The first-order chi connectivity index (χ1) is 18.3. The molecule has 5 rings (SSSR count). The summed E-state index contributed by atoms with van der Waals surface area (Å²) >= 11 is 0. The van der Waals surface area contributed by atoms with Crippen molar-refractivity contribution in [2.24, 2.45) is 0 Å². The fraction of sp³-hybridized carbons (Fsp3) is 0.367. The van der Waals surface area contributed by atoms with Gasteiger partial charge in [0.25, 0.3) is 5.91 Å². The van der Waals surface area contributed by atoms with Gasteiger partial charge in [0, 0.05) is 29.1 Å². The number of hydrogen-bond acceptors (Lipinski definition) is 6. The van der Waals surface area contributed by atoms with Crippen LogP contribution >= 0.6 is 0 Å². The average Bonchev–Trinajstić information content (AvgIpc) is 3.27. The van der Waals surface area contributed by atoms with Crippen molar-refractivity contribution < 1.29 is 23.5 Å². The predicted molar refractivity (Wildman–Crippen MR) is 144 cm³/mol. The molecule has 8 nitrogen and oxygen atoms in total. The molecule has 0 saturated heterocycles. The van der Waals surface area contributed by atoms with Gasteiger partial charge in [0.1, 0.15) is 17.4 Å². The lowest BCUT2D eigenvalue weighted by Gasteiger charge is -2.35. The number of aryl methyl sites for hydroxylation is 2. The highest BCUT2D eigenvalue weighted by Crippen LogP contribution is 2.34. The van der Waals surface area contributed by atoms with Crippen LogP contribution in [0, 0.1) is 6.92 Å². The number of rotatable bonds is 7. The van der Waals surface area contributed by atoms with Crippen LogP contribution in [0.25, 0.3) is 21.9 Å². The molecule has 2 aromatic heterocycles. The molecular weight excluding hydrogens is 484 g/mol. The average molecular weight is 517 g/mol. The molecule has 0 saturated carbocycles. The summed E-state index contributed by atoms with van der Waals surface area (Å²) in [6.45, 7) is 5.88. The highest BCUT2D eigenvalue weighted by atomic mass is 16.5. The number of carbonyl (C=O) groups excluding carboxylic acids is 2. The number of fused-ring (bicyclic) bond motifs is 4. The standard InChI is InChI=1S/C30H32N2O6/c1-5-6-9-19-14-27(33)38-26-13-17(2)12-25(28(19)26)37-18(3)29(34)32-16-23-21(15-24(32)30(35)36-4)20-10-7-8-11-22(20)31-23/h7-8,10-14,18,24,31H,5-6,9,15-16H2,1-4H3/t18?,24-/m0/s1. The molecule has 38 heavy (non-hydrogen) atoms. The second-order valence-corrected chi connectivity index (χ2v) is 9.93. The molecule has 2 aromatic carbocycles. The molecule has 2 atom stereocenters. The maximum Gasteiger partial charge on any atom is 0.336 e. The minimum absolute atomic E-state index is 0.238. The lowest BCUT2D eigenvalue weighted by atomic mass is 9.96. The van der Waals surface area contributed by atoms with Gasteiger partial charge in [0.2, 0.25) is 0 Å². The van der Waals surface area contributed by atoms with E-state index in [-0.39, 0.29) is 12.5 Å². The molecule has 1 N–H and O–H groups in total. The highest BCUT2D eigenvalue weighted by molar-refractivity contribution is 5.92. The summed E-state index contributed by atoms with van der Waals surface area (Å²) in [6, 6.07) is 12.3. The fourth-order valence-electron chi connectivity index (χ4n) is 5.39. The van der Waals surface area contributed by atoms with Crippen molar-refractivity contribution in [1.82, 2.24) is 9.88 Å². The van der Waals surface area contributed by atoms with Gasteiger partial charge in [-0.15, -0.1) is 0 Å². The smallest absolute Gasteiger partial charge is 0.336 e. The van der Waals surface area contributed by atoms with E-state index in [1.54, 1.807) is 13.0 Å². The molecule has 1 aliphatic heterocycles. The first kappa shape index (κ1) is 25.6. The second-order valence-electron chi connectivity index (χ2n) is 9.93. The number of para-hydroxylation sites is 1. The van der Waals surface area contributed by atoms with Crippen molar-refractivity contribution in [3.8, 4) is 5.75 Å². The van der Waals surface area contributed by atoms with Gasteiger partial charge in [0.05, 0.1) is 19.0 Å². The van der Waals surface area contributed by atoms with Crippen LogP contribution in [-0.4, -0.2) is 41.0 Å². The van der Waals surface area contributed by atoms with E-state index in [9.17, 15) is 14.4 Å². The van der Waals surface area contributed by atoms with Crippen molar-refractivity contribution in [2.75, 3.05) is 7.11 Å². The Bertz CT molecular complexity index is 1580. The molecule has 0 spiro atoms. The maximum atomic E-state index is 13.8. The van der Waals surface area contributed by atoms with E-state index in [0.29, 0.717) is 29.6 Å². The number of hydrogen-bond donors (Lipinski definition) is 1. The highest BCUT2D eigenvalue weighted by Gasteiger charge is 2.39. The van der Waals surface area contributed by atoms with Crippen LogP contribution in [-0.2, 0) is 33.7 Å². The first-order valence-corrected chi connectivity index (χ1v) is 13.0. The first-order valence-electron chi connectivity index (χ1n) is 13.0. The van der Waals surface area contributed by atoms with Crippen molar-refractivity contribution >= 4 is 33.7 Å². The van der Waals surface area contributed by atoms with Gasteiger partial charge in [-0.05, 0) is 61.6 Å². The number of H-pyrrole nitrogens is 1. The van der Waals surface area contributed by atoms with E-state index in [4.69, 9.17) is 13.9 Å². The summed E-state index contributed by atoms with van der Waals surface area (Å²) in [5, 5.41) is 1.74. The van der Waals surface area contributed by atoms with Crippen molar-refractivity contribution in [2.45, 2.75) is 65.1 Å². The van der Waals surface area contributed by atoms with Crippen LogP contribution in [0.2, 0.25) is 0 Å². The number of nitrogens with one attached hydrogen (secondary N) is 1. The monoisotopic (exact) mass is 516 g/mol. The fourth-order valence-corrected chi connectivity index (χ4v) is 5.39. The molecule has 198 valence electrons. The van der Waals surface area contributed by atoms with Gasteiger partial charge in [-0.3, -0.25) is 4.79 Å². The Morgan fingerprint density at radius 3 is 2.76 bits per heavy atom. The Kier molecular flexibility index (Phi) is 6.97. The van der Waals surface area contributed by atoms with E-state index in [2.05, 4.69) is 11.9 Å². The van der Waals surface area contributed by atoms with Gasteiger partial charge >= 0.3 is 11.6 Å². The van der Waals surface area contributed by atoms with E-state index < -0.39 is 23.7 Å². The lowest BCUT2D eigenvalue weighted by molar-refractivity contribution is -0.156. The van der Waals surface area contributed by atoms with Crippen LogP contribution in [0.1, 0.15) is 49.1 Å². The summed E-state index contributed by atoms with van der Waals surface area (Å²) in [7, 11) is 1.33. The molecule has 8 heteroatoms. The Labute approximate surface area is 220 Å². The van der Waals surface area contributed by atoms with Gasteiger partial charge in [-0.2, -0.15) is 0 Å². The van der Waals surface area contributed by atoms with E-state index in [1.807, 2.05) is 37.3 Å². The molecule has 1 unspecified atom stereocenters. The number of carbonyl (C=O) groups is 2. The number of methoxy groups -OCH3 is 1. The number of aromatic amines is 1. The predicted octanol–water partition coefficient (Wildman–Crippen LogP) is 4.82. The van der Waals surface area contributed by atoms with Gasteiger partial charge in [-0.1, -0.05) is 31.5 Å². The zero-order chi connectivity index (χ0) is 27.0. The number of unbranched alkanes of at least 4 members (excludes halogenated alkanes) is 1. The van der Waals surface area contributed by atoms with Crippen LogP contribution in [0.15, 0.2) is 51.7 Å². The number of esters is 1. The Hall–Kier alpha value is -4.07. The Balaban J connectivity index is 1.49.